The first kappa shape index (κ1) is 62.5. The molecule has 3 saturated heterocycles. The highest BCUT2D eigenvalue weighted by Crippen LogP contribution is 2.31. The number of unbranched alkanes of at least 4 members (excludes halogenated alkanes) is 2. The van der Waals surface area contributed by atoms with E-state index in [4.69, 9.17) is 4.74 Å². The molecule has 0 spiro atoms. The SMILES string of the molecule is CCCCCOc1ccc(-c2ccc(-c3ccc(C(=O)N[C@H]4C[C@@H](O)[C@@H](O)NC(=O)[C@@H]5[C@@H](O)[C@@H](C)CN5[C@H](C)[C@H]([C@@H](C)O)NC(=O)[C@H]([C@H](O)[C@@H](O)c5ccc(O)cc5)NC(=O)[C@@H]5C[C@@H](O)CN5C(=O)C([C@@H](C)O)NC4=O)cc3)cc2)cc1. The van der Waals surface area contributed by atoms with Gasteiger partial charge in [0.1, 0.15) is 60.0 Å². The van der Waals surface area contributed by atoms with Crippen LogP contribution in [0, 0.1) is 5.92 Å². The van der Waals surface area contributed by atoms with Crippen molar-refractivity contribution >= 4 is 35.4 Å². The predicted molar refractivity (Wildman–Crippen MR) is 298 cm³/mol. The van der Waals surface area contributed by atoms with Gasteiger partial charge >= 0.3 is 0 Å². The fourth-order valence-electron chi connectivity index (χ4n) is 10.8. The Morgan fingerprint density at radius 1 is 0.671 bits per heavy atom. The summed E-state index contributed by atoms with van der Waals surface area (Å²) < 4.78 is 5.85. The Morgan fingerprint density at radius 2 is 1.24 bits per heavy atom. The molecule has 23 heteroatoms. The largest absolute Gasteiger partial charge is 0.508 e. The average Bonchev–Trinajstić information content (AvgIpc) is 4.06. The average molecular weight is 1140 g/mol. The minimum absolute atomic E-state index is 0.00759. The van der Waals surface area contributed by atoms with Crippen molar-refractivity contribution in [2.24, 2.45) is 5.92 Å². The van der Waals surface area contributed by atoms with Gasteiger partial charge in [0, 0.05) is 37.5 Å². The molecule has 1 unspecified atom stereocenters. The highest BCUT2D eigenvalue weighted by molar-refractivity contribution is 6.00. The van der Waals surface area contributed by atoms with E-state index in [0.29, 0.717) is 6.61 Å². The zero-order chi connectivity index (χ0) is 59.7. The Bertz CT molecular complexity index is 2820. The smallest absolute Gasteiger partial charge is 0.251 e. The van der Waals surface area contributed by atoms with Crippen LogP contribution in [0.4, 0.5) is 0 Å². The summed E-state index contributed by atoms with van der Waals surface area (Å²) in [5.74, 6) is -6.57. The number of amides is 6. The zero-order valence-electron chi connectivity index (χ0n) is 46.4. The molecule has 7 rings (SSSR count). The van der Waals surface area contributed by atoms with Crippen LogP contribution in [0.1, 0.15) is 88.7 Å². The number of aliphatic hydroxyl groups excluding tert-OH is 8. The van der Waals surface area contributed by atoms with E-state index >= 15 is 0 Å². The monoisotopic (exact) mass is 1140 g/mol. The third kappa shape index (κ3) is 14.9. The van der Waals surface area contributed by atoms with Crippen molar-refractivity contribution in [2.75, 3.05) is 19.7 Å². The van der Waals surface area contributed by atoms with E-state index in [1.165, 1.54) is 55.1 Å². The number of ether oxygens (including phenoxy) is 1. The van der Waals surface area contributed by atoms with Crippen LogP contribution < -0.4 is 31.3 Å². The van der Waals surface area contributed by atoms with Crippen molar-refractivity contribution in [3.63, 3.8) is 0 Å². The minimum Gasteiger partial charge on any atom is -0.508 e. The number of rotatable bonds is 14. The minimum atomic E-state index is -2.18. The molecule has 3 fully saturated rings. The molecule has 16 atom stereocenters. The van der Waals surface area contributed by atoms with Crippen molar-refractivity contribution in [1.82, 2.24) is 36.4 Å². The number of fused-ring (bicyclic) bond motifs is 2. The van der Waals surface area contributed by atoms with Crippen LogP contribution in [-0.4, -0.2) is 196 Å². The summed E-state index contributed by atoms with van der Waals surface area (Å²) in [5.41, 5.74) is 3.54. The first-order valence-corrected chi connectivity index (χ1v) is 27.7. The number of hydrogen-bond donors (Lipinski definition) is 14. The van der Waals surface area contributed by atoms with E-state index in [1.54, 1.807) is 19.1 Å². The maximum absolute atomic E-state index is 14.5. The topological polar surface area (TPSA) is 360 Å². The van der Waals surface area contributed by atoms with Crippen LogP contribution in [0.2, 0.25) is 0 Å². The number of nitrogens with zero attached hydrogens (tertiary/aromatic N) is 2. The molecule has 0 radical (unpaired) electrons. The van der Waals surface area contributed by atoms with Gasteiger partial charge in [0.2, 0.25) is 29.5 Å². The van der Waals surface area contributed by atoms with Gasteiger partial charge in [-0.3, -0.25) is 33.7 Å². The van der Waals surface area contributed by atoms with Gasteiger partial charge in [0.05, 0.1) is 37.1 Å². The van der Waals surface area contributed by atoms with Gasteiger partial charge in [0.25, 0.3) is 5.91 Å². The van der Waals surface area contributed by atoms with Gasteiger partial charge in [-0.25, -0.2) is 0 Å². The second-order valence-electron chi connectivity index (χ2n) is 21.8. The lowest BCUT2D eigenvalue weighted by Gasteiger charge is -2.39. The van der Waals surface area contributed by atoms with Gasteiger partial charge in [-0.1, -0.05) is 87.4 Å². The molecule has 3 aliphatic heterocycles. The molecule has 0 bridgehead atoms. The molecule has 0 saturated carbocycles. The number of aromatic hydroxyl groups is 1. The van der Waals surface area contributed by atoms with Crippen molar-refractivity contribution in [3.05, 3.63) is 108 Å². The quantitative estimate of drug-likeness (QED) is 0.0735. The molecule has 82 heavy (non-hydrogen) atoms. The zero-order valence-corrected chi connectivity index (χ0v) is 46.4. The maximum Gasteiger partial charge on any atom is 0.251 e. The molecule has 6 amide bonds. The van der Waals surface area contributed by atoms with Crippen LogP contribution >= 0.6 is 0 Å². The van der Waals surface area contributed by atoms with Crippen molar-refractivity contribution in [3.8, 4) is 33.8 Å². The number of benzene rings is 4. The number of phenols is 1. The molecule has 3 heterocycles. The number of carbonyl (C=O) groups excluding carboxylic acids is 6. The molecule has 0 aliphatic carbocycles. The third-order valence-electron chi connectivity index (χ3n) is 15.6. The standard InChI is InChI=1S/C59H77N7O16/c1-6-7-8-25-82-42-23-19-37(20-24-42)35-11-9-34(10-12-35)36-13-15-39(16-14-36)53(75)60-43-27-45(71)56(78)64-58(80)49-50(72)30(2)28-65(49)31(3)46(32(4)67)61-57(79)48(52(74)51(73)38-17-21-40(69)22-18-38)63-55(77)44-26-41(70)29-66(44)59(81)47(33(5)68)62-54(43)76/h9-24,30-33,41,43-52,56,67-74,78H,6-8,25-29H2,1-5H3,(H,60,75)(H,61,79)(H,62,76)(H,63,77)(H,64,80)/t30-,31+,32+,33+,41+,43-,44-,45+,46+,47?,48-,49-,50-,51-,52-,56+/m0/s1. The molecule has 23 nitrogen and oxygen atoms in total. The molecule has 444 valence electrons. The van der Waals surface area contributed by atoms with E-state index in [1.807, 2.05) is 48.5 Å². The summed E-state index contributed by atoms with van der Waals surface area (Å²) in [5, 5.41) is 113. The summed E-state index contributed by atoms with van der Waals surface area (Å²) in [6, 6.07) is 15.4. The fraction of sp³-hybridized carbons (Fsp3) is 0.492. The summed E-state index contributed by atoms with van der Waals surface area (Å²) >= 11 is 0. The van der Waals surface area contributed by atoms with Crippen molar-refractivity contribution in [1.29, 1.82) is 0 Å². The van der Waals surface area contributed by atoms with Gasteiger partial charge < -0.3 is 82.2 Å². The van der Waals surface area contributed by atoms with Gasteiger partial charge in [-0.15, -0.1) is 0 Å². The van der Waals surface area contributed by atoms with Crippen LogP contribution in [0.3, 0.4) is 0 Å². The second kappa shape index (κ2) is 27.8. The molecule has 3 aliphatic rings. The normalized spacial score (nSPS) is 28.6. The Morgan fingerprint density at radius 3 is 1.82 bits per heavy atom. The predicted octanol–water partition coefficient (Wildman–Crippen LogP) is -0.0652. The van der Waals surface area contributed by atoms with Crippen LogP contribution in [0.5, 0.6) is 11.5 Å². The first-order chi connectivity index (χ1) is 39.0. The third-order valence-corrected chi connectivity index (χ3v) is 15.6. The second-order valence-corrected chi connectivity index (χ2v) is 21.8. The summed E-state index contributed by atoms with van der Waals surface area (Å²) in [4.78, 5) is 88.4. The van der Waals surface area contributed by atoms with Crippen LogP contribution in [0.15, 0.2) is 97.1 Å². The summed E-state index contributed by atoms with van der Waals surface area (Å²) in [6.07, 6.45) is -12.4. The van der Waals surface area contributed by atoms with Gasteiger partial charge in [-0.05, 0) is 97.3 Å². The van der Waals surface area contributed by atoms with Crippen molar-refractivity contribution in [2.45, 2.75) is 158 Å². The van der Waals surface area contributed by atoms with E-state index in [0.717, 1.165) is 59.1 Å². The van der Waals surface area contributed by atoms with E-state index in [9.17, 15) is 74.7 Å². The molecule has 4 aromatic carbocycles. The number of carbonyl (C=O) groups is 6. The van der Waals surface area contributed by atoms with Crippen molar-refractivity contribution < 1.29 is 79.5 Å². The Balaban J connectivity index is 1.18. The summed E-state index contributed by atoms with van der Waals surface area (Å²) in [7, 11) is 0. The number of aliphatic hydroxyl groups is 8. The Kier molecular flexibility index (Phi) is 21.2. The molecular formula is C59H77N7O16. The van der Waals surface area contributed by atoms with Gasteiger partial charge in [-0.2, -0.15) is 0 Å². The molecule has 14 N–H and O–H groups in total. The summed E-state index contributed by atoms with van der Waals surface area (Å²) in [6.45, 7) is 7.78. The van der Waals surface area contributed by atoms with Crippen LogP contribution in [0.25, 0.3) is 22.3 Å². The highest BCUT2D eigenvalue weighted by Gasteiger charge is 2.50. The van der Waals surface area contributed by atoms with E-state index in [2.05, 4.69) is 33.5 Å². The van der Waals surface area contributed by atoms with E-state index in [-0.39, 0.29) is 23.4 Å². The lowest BCUT2D eigenvalue weighted by atomic mass is 9.96. The lowest BCUT2D eigenvalue weighted by molar-refractivity contribution is -0.145. The number of nitrogens with one attached hydrogen (secondary N) is 5. The lowest BCUT2D eigenvalue weighted by Crippen LogP contribution is -2.64. The molecular weight excluding hydrogens is 1060 g/mol. The first-order valence-electron chi connectivity index (χ1n) is 27.7. The Labute approximate surface area is 475 Å². The highest BCUT2D eigenvalue weighted by atomic mass is 16.5. The van der Waals surface area contributed by atoms with Gasteiger partial charge in [0.15, 0.2) is 6.23 Å². The maximum atomic E-state index is 14.5. The van der Waals surface area contributed by atoms with Crippen LogP contribution in [-0.2, 0) is 24.0 Å². The van der Waals surface area contributed by atoms with E-state index < -0.39 is 152 Å². The Hall–Kier alpha value is -7.06. The molecule has 4 aromatic rings. The molecule has 0 aromatic heterocycles. The number of hydrogen-bond acceptors (Lipinski definition) is 17. The number of phenolic OH excluding ortho intramolecular Hbond substituents is 1. The fourth-order valence-corrected chi connectivity index (χ4v) is 10.8.